The summed E-state index contributed by atoms with van der Waals surface area (Å²) in [7, 11) is -3.38. The Bertz CT molecular complexity index is 835. The number of aryl methyl sites for hydroxylation is 2. The van der Waals surface area contributed by atoms with Crippen molar-refractivity contribution in [2.45, 2.75) is 36.8 Å². The van der Waals surface area contributed by atoms with E-state index in [0.717, 1.165) is 4.73 Å². The molecule has 1 heterocycles. The van der Waals surface area contributed by atoms with Gasteiger partial charge >= 0.3 is 0 Å². The highest BCUT2D eigenvalue weighted by Crippen LogP contribution is 2.35. The molecule has 0 amide bonds. The predicted octanol–water partition coefficient (Wildman–Crippen LogP) is 2.68. The van der Waals surface area contributed by atoms with Gasteiger partial charge in [-0.15, -0.1) is 0 Å². The van der Waals surface area contributed by atoms with E-state index in [1.54, 1.807) is 26.0 Å². The van der Waals surface area contributed by atoms with Gasteiger partial charge in [-0.3, -0.25) is 0 Å². The summed E-state index contributed by atoms with van der Waals surface area (Å²) in [6, 6.07) is 6.97. The fourth-order valence-electron chi connectivity index (χ4n) is 2.52. The van der Waals surface area contributed by atoms with Crippen LogP contribution >= 0.6 is 0 Å². The van der Waals surface area contributed by atoms with E-state index in [1.165, 1.54) is 18.2 Å². The molecule has 0 bridgehead atoms. The second-order valence-electron chi connectivity index (χ2n) is 5.71. The van der Waals surface area contributed by atoms with Crippen molar-refractivity contribution in [1.82, 2.24) is 0 Å². The van der Waals surface area contributed by atoms with Crippen LogP contribution in [0.15, 0.2) is 35.2 Å². The summed E-state index contributed by atoms with van der Waals surface area (Å²) >= 11 is 0. The lowest BCUT2D eigenvalue weighted by molar-refractivity contribution is -0.619. The van der Waals surface area contributed by atoms with Crippen LogP contribution in [0.25, 0.3) is 11.1 Å². The van der Waals surface area contributed by atoms with Crippen molar-refractivity contribution in [3.05, 3.63) is 52.7 Å². The third-order valence-corrected chi connectivity index (χ3v) is 6.17. The maximum atomic E-state index is 14.1. The number of rotatable bonds is 3. The number of nitrogens with zero attached hydrogens (tertiary/aromatic N) is 1. The van der Waals surface area contributed by atoms with Gasteiger partial charge in [-0.2, -0.15) is 4.73 Å². The molecular formula is C16H16FNO3S. The van der Waals surface area contributed by atoms with Crippen LogP contribution in [0.3, 0.4) is 0 Å². The Morgan fingerprint density at radius 3 is 2.27 bits per heavy atom. The fraction of sp³-hybridized carbons (Fsp3) is 0.312. The monoisotopic (exact) mass is 321 g/mol. The van der Waals surface area contributed by atoms with E-state index in [0.29, 0.717) is 29.8 Å². The highest BCUT2D eigenvalue weighted by Gasteiger charge is 2.37. The van der Waals surface area contributed by atoms with Gasteiger partial charge in [0.15, 0.2) is 21.2 Å². The van der Waals surface area contributed by atoms with Crippen molar-refractivity contribution in [2.75, 3.05) is 0 Å². The highest BCUT2D eigenvalue weighted by atomic mass is 32.2. The minimum absolute atomic E-state index is 0.139. The fourth-order valence-corrected chi connectivity index (χ4v) is 4.20. The molecule has 0 unspecified atom stereocenters. The molecule has 1 saturated carbocycles. The van der Waals surface area contributed by atoms with Gasteiger partial charge < -0.3 is 5.21 Å². The molecule has 1 aliphatic carbocycles. The van der Waals surface area contributed by atoms with E-state index >= 15 is 0 Å². The predicted molar refractivity (Wildman–Crippen MR) is 80.5 cm³/mol. The first-order valence-corrected chi connectivity index (χ1v) is 8.60. The first-order chi connectivity index (χ1) is 10.3. The lowest BCUT2D eigenvalue weighted by atomic mass is 10.0. The maximum Gasteiger partial charge on any atom is 0.190 e. The van der Waals surface area contributed by atoms with Gasteiger partial charge in [-0.1, -0.05) is 0 Å². The zero-order valence-electron chi connectivity index (χ0n) is 12.3. The summed E-state index contributed by atoms with van der Waals surface area (Å²) in [5, 5.41) is 11.3. The van der Waals surface area contributed by atoms with Crippen LogP contribution < -0.4 is 4.73 Å². The molecule has 4 nitrogen and oxygen atoms in total. The van der Waals surface area contributed by atoms with Crippen molar-refractivity contribution in [1.29, 1.82) is 0 Å². The first-order valence-electron chi connectivity index (χ1n) is 7.05. The SMILES string of the molecule is Cc1cc(-c2cc(S(=O)(=O)C3CC3)ccc2F)cc(C)[n+]1[O-]. The normalized spacial score (nSPS) is 15.0. The summed E-state index contributed by atoms with van der Waals surface area (Å²) in [4.78, 5) is 0.139. The van der Waals surface area contributed by atoms with E-state index < -0.39 is 15.7 Å². The second kappa shape index (κ2) is 5.05. The van der Waals surface area contributed by atoms with Gasteiger partial charge in [-0.25, -0.2) is 12.8 Å². The number of hydrogen-bond acceptors (Lipinski definition) is 3. The molecule has 1 aromatic carbocycles. The zero-order valence-corrected chi connectivity index (χ0v) is 13.2. The van der Waals surface area contributed by atoms with Crippen LogP contribution in [0.4, 0.5) is 4.39 Å². The lowest BCUT2D eigenvalue weighted by Crippen LogP contribution is -2.33. The van der Waals surface area contributed by atoms with Gasteiger partial charge in [0.2, 0.25) is 0 Å². The molecule has 0 aliphatic heterocycles. The molecule has 2 aromatic rings. The number of halogens is 1. The van der Waals surface area contributed by atoms with Crippen LogP contribution in [0.2, 0.25) is 0 Å². The van der Waals surface area contributed by atoms with Crippen molar-refractivity contribution in [2.24, 2.45) is 0 Å². The van der Waals surface area contributed by atoms with Gasteiger partial charge in [0.1, 0.15) is 5.82 Å². The Labute approximate surface area is 128 Å². The van der Waals surface area contributed by atoms with Crippen molar-refractivity contribution in [3.63, 3.8) is 0 Å². The molecule has 6 heteroatoms. The second-order valence-corrected chi connectivity index (χ2v) is 7.94. The molecule has 0 atom stereocenters. The van der Waals surface area contributed by atoms with Crippen molar-refractivity contribution in [3.8, 4) is 11.1 Å². The van der Waals surface area contributed by atoms with Crippen LogP contribution in [-0.2, 0) is 9.84 Å². The van der Waals surface area contributed by atoms with Crippen LogP contribution in [0.5, 0.6) is 0 Å². The van der Waals surface area contributed by atoms with Gasteiger partial charge in [0.25, 0.3) is 0 Å². The molecule has 1 fully saturated rings. The Morgan fingerprint density at radius 1 is 1.14 bits per heavy atom. The number of pyridine rings is 1. The van der Waals surface area contributed by atoms with E-state index in [1.807, 2.05) is 0 Å². The average Bonchev–Trinajstić information content (AvgIpc) is 3.29. The Morgan fingerprint density at radius 2 is 1.73 bits per heavy atom. The molecule has 1 aromatic heterocycles. The van der Waals surface area contributed by atoms with E-state index in [9.17, 15) is 18.0 Å². The number of sulfone groups is 1. The van der Waals surface area contributed by atoms with Crippen molar-refractivity contribution < 1.29 is 17.5 Å². The smallest absolute Gasteiger partial charge is 0.190 e. The number of benzene rings is 1. The summed E-state index contributed by atoms with van der Waals surface area (Å²) in [5.74, 6) is -0.503. The number of aromatic nitrogens is 1. The minimum Gasteiger partial charge on any atom is -0.618 e. The molecule has 0 N–H and O–H groups in total. The molecular weight excluding hydrogens is 305 g/mol. The molecule has 3 rings (SSSR count). The van der Waals surface area contributed by atoms with Gasteiger partial charge in [-0.05, 0) is 36.6 Å². The van der Waals surface area contributed by atoms with Crippen LogP contribution in [-0.4, -0.2) is 13.7 Å². The average molecular weight is 321 g/mol. The standard InChI is InChI=1S/C16H16FNO3S/c1-10-7-12(8-11(2)18(10)19)15-9-14(5-6-16(15)17)22(20,21)13-3-4-13/h5-9,13H,3-4H2,1-2H3. The summed E-state index contributed by atoms with van der Waals surface area (Å²) in [5.41, 5.74) is 1.58. The topological polar surface area (TPSA) is 61.1 Å². The lowest BCUT2D eigenvalue weighted by Gasteiger charge is -2.10. The summed E-state index contributed by atoms with van der Waals surface area (Å²) in [6.07, 6.45) is 1.32. The zero-order chi connectivity index (χ0) is 16.1. The quantitative estimate of drug-likeness (QED) is 0.496. The van der Waals surface area contributed by atoms with E-state index in [-0.39, 0.29) is 15.7 Å². The maximum absolute atomic E-state index is 14.1. The van der Waals surface area contributed by atoms with E-state index in [4.69, 9.17) is 0 Å². The third kappa shape index (κ3) is 2.47. The van der Waals surface area contributed by atoms with E-state index in [2.05, 4.69) is 0 Å². The van der Waals surface area contributed by atoms with Crippen LogP contribution in [0.1, 0.15) is 24.2 Å². The Kier molecular flexibility index (Phi) is 3.44. The van der Waals surface area contributed by atoms with Crippen LogP contribution in [0, 0.1) is 24.9 Å². The molecule has 0 saturated heterocycles. The first kappa shape index (κ1) is 15.0. The van der Waals surface area contributed by atoms with Gasteiger partial charge in [0.05, 0.1) is 10.1 Å². The molecule has 0 radical (unpaired) electrons. The van der Waals surface area contributed by atoms with Gasteiger partial charge in [0, 0.05) is 31.5 Å². The Hall–Kier alpha value is -1.95. The molecule has 22 heavy (non-hydrogen) atoms. The Balaban J connectivity index is 2.15. The highest BCUT2D eigenvalue weighted by molar-refractivity contribution is 7.92. The summed E-state index contributed by atoms with van der Waals surface area (Å²) < 4.78 is 39.5. The third-order valence-electron chi connectivity index (χ3n) is 3.91. The molecule has 1 aliphatic rings. The summed E-state index contributed by atoms with van der Waals surface area (Å²) in [6.45, 7) is 3.26. The molecule has 0 spiro atoms. The number of hydrogen-bond donors (Lipinski definition) is 0. The largest absolute Gasteiger partial charge is 0.618 e. The van der Waals surface area contributed by atoms with Crippen molar-refractivity contribution >= 4 is 9.84 Å². The molecule has 116 valence electrons. The minimum atomic E-state index is -3.38.